The highest BCUT2D eigenvalue weighted by molar-refractivity contribution is 7.81. The van der Waals surface area contributed by atoms with Gasteiger partial charge in [0, 0.05) is 23.7 Å². The van der Waals surface area contributed by atoms with Crippen molar-refractivity contribution in [3.8, 4) is 0 Å². The number of aliphatic hydroxyl groups excluding tert-OH is 2. The lowest BCUT2D eigenvalue weighted by atomic mass is 9.43. The molecule has 274 valence electrons. The number of hydrogen-bond acceptors (Lipinski definition) is 15. The Bertz CT molecular complexity index is 1480. The number of fused-ring (bicyclic) bond motifs is 3. The highest BCUT2D eigenvalue weighted by Gasteiger charge is 2.66. The van der Waals surface area contributed by atoms with E-state index in [1.54, 1.807) is 13.8 Å². The maximum absolute atomic E-state index is 12.9. The van der Waals surface area contributed by atoms with E-state index in [1.807, 2.05) is 6.92 Å². The number of aliphatic carboxylic acids is 1. The topological polar surface area (TPSA) is 255 Å². The molecular formula is C30H44O16S2-2. The predicted molar refractivity (Wildman–Crippen MR) is 158 cm³/mol. The summed E-state index contributed by atoms with van der Waals surface area (Å²) in [7, 11) is -11.1. The van der Waals surface area contributed by atoms with Crippen LogP contribution in [-0.4, -0.2) is 97.6 Å². The van der Waals surface area contributed by atoms with Crippen molar-refractivity contribution in [1.29, 1.82) is 0 Å². The Kier molecular flexibility index (Phi) is 10.5. The summed E-state index contributed by atoms with van der Waals surface area (Å²) in [5.74, 6) is -3.79. The molecule has 1 heterocycles. The molecule has 0 aromatic rings. The van der Waals surface area contributed by atoms with Gasteiger partial charge in [0.1, 0.15) is 12.2 Å². The van der Waals surface area contributed by atoms with E-state index in [-0.39, 0.29) is 42.9 Å². The summed E-state index contributed by atoms with van der Waals surface area (Å²) >= 11 is 0. The first-order valence-electron chi connectivity index (χ1n) is 16.2. The van der Waals surface area contributed by atoms with Gasteiger partial charge < -0.3 is 38.9 Å². The molecule has 0 aromatic carbocycles. The largest absolute Gasteiger partial charge is 0.726 e. The van der Waals surface area contributed by atoms with Crippen molar-refractivity contribution in [2.75, 3.05) is 6.61 Å². The summed E-state index contributed by atoms with van der Waals surface area (Å²) in [4.78, 5) is 25.5. The van der Waals surface area contributed by atoms with Gasteiger partial charge in [0.2, 0.25) is 10.4 Å². The van der Waals surface area contributed by atoms with Crippen LogP contribution in [0.3, 0.4) is 0 Å². The summed E-state index contributed by atoms with van der Waals surface area (Å²) in [6.07, 6.45) is -8.54. The van der Waals surface area contributed by atoms with Crippen molar-refractivity contribution >= 4 is 32.7 Å². The fourth-order valence-corrected chi connectivity index (χ4v) is 10.8. The number of carboxylic acid groups (broad SMARTS) is 1. The van der Waals surface area contributed by atoms with Gasteiger partial charge in [-0.1, -0.05) is 27.4 Å². The van der Waals surface area contributed by atoms with Gasteiger partial charge in [0.15, 0.2) is 18.5 Å². The van der Waals surface area contributed by atoms with Crippen LogP contribution in [0.25, 0.3) is 0 Å². The predicted octanol–water partition coefficient (Wildman–Crippen LogP) is -0.0103. The van der Waals surface area contributed by atoms with E-state index in [2.05, 4.69) is 10.8 Å². The number of carbonyl (C=O) groups excluding carboxylic acids is 2. The van der Waals surface area contributed by atoms with Gasteiger partial charge >= 0.3 is 16.4 Å². The minimum absolute atomic E-state index is 0.0881. The molecule has 5 aliphatic rings. The van der Waals surface area contributed by atoms with Crippen molar-refractivity contribution in [3.63, 3.8) is 0 Å². The Morgan fingerprint density at radius 2 is 1.77 bits per heavy atom. The standard InChI is InChI=1S/C30H46O16S2/c1-14(2)9-22(32)44-25-24(46-48(39,40)41)23(45-47(36,37)38)20(13-31)43-28(25)42-17-10-18(27(34)35)19-7-8-30-11-16(15(3)26(30)33)5-6-21(30)29(19,4)12-17/h14,16-21,23-26,28,31,33H,3,5-13H2,1-2,4H3,(H,34,35)(H,36,37,38)(H,39,40,41)/p-2/t16-,17-,18?,19-,20-,21+,23-,24+,25-,26+,28-,29-,30-/m1/s1. The number of esters is 1. The van der Waals surface area contributed by atoms with Crippen molar-refractivity contribution < 1.29 is 73.4 Å². The highest BCUT2D eigenvalue weighted by atomic mass is 32.3. The molecule has 18 heteroatoms. The van der Waals surface area contributed by atoms with Crippen molar-refractivity contribution in [3.05, 3.63) is 12.2 Å². The van der Waals surface area contributed by atoms with E-state index < -0.39 is 99.0 Å². The smallest absolute Gasteiger partial charge is 0.397 e. The monoisotopic (exact) mass is 724 g/mol. The normalized spacial score (nSPS) is 43.0. The molecule has 4 saturated carbocycles. The Morgan fingerprint density at radius 1 is 1.08 bits per heavy atom. The van der Waals surface area contributed by atoms with Gasteiger partial charge in [0.05, 0.1) is 18.8 Å². The quantitative estimate of drug-likeness (QED) is 0.0832. The third-order valence-electron chi connectivity index (χ3n) is 11.5. The summed E-state index contributed by atoms with van der Waals surface area (Å²) in [5.41, 5.74) is -0.410. The van der Waals surface area contributed by atoms with E-state index in [0.29, 0.717) is 12.8 Å². The van der Waals surface area contributed by atoms with Crippen LogP contribution in [-0.2, 0) is 53.0 Å². The molecule has 2 bridgehead atoms. The maximum atomic E-state index is 12.9. The highest BCUT2D eigenvalue weighted by Crippen LogP contribution is 2.70. The molecular weight excluding hydrogens is 680 g/mol. The molecule has 1 unspecified atom stereocenters. The van der Waals surface area contributed by atoms with E-state index >= 15 is 0 Å². The lowest BCUT2D eigenvalue weighted by Gasteiger charge is -2.63. The summed E-state index contributed by atoms with van der Waals surface area (Å²) < 4.78 is 95.1. The molecule has 48 heavy (non-hydrogen) atoms. The molecule has 5 fully saturated rings. The number of rotatable bonds is 11. The molecule has 0 amide bonds. The van der Waals surface area contributed by atoms with E-state index in [1.165, 1.54) is 0 Å². The average Bonchev–Trinajstić information content (AvgIpc) is 3.12. The van der Waals surface area contributed by atoms with Gasteiger partial charge in [-0.05, 0) is 79.6 Å². The minimum Gasteiger partial charge on any atom is -0.726 e. The fraction of sp³-hybridized carbons (Fsp3) is 0.867. The first-order valence-corrected chi connectivity index (χ1v) is 18.9. The van der Waals surface area contributed by atoms with E-state index in [9.17, 15) is 50.8 Å². The number of aliphatic hydroxyl groups is 2. The second-order valence-corrected chi connectivity index (χ2v) is 16.8. The maximum Gasteiger partial charge on any atom is 0.397 e. The van der Waals surface area contributed by atoms with Gasteiger partial charge in [0.25, 0.3) is 0 Å². The Morgan fingerprint density at radius 3 is 2.35 bits per heavy atom. The summed E-state index contributed by atoms with van der Waals surface area (Å²) in [6.45, 7) is 8.40. The molecule has 1 spiro atoms. The minimum atomic E-state index is -5.61. The number of carbonyl (C=O) groups is 2. The zero-order chi connectivity index (χ0) is 35.6. The first-order chi connectivity index (χ1) is 22.2. The summed E-state index contributed by atoms with van der Waals surface area (Å²) in [6, 6.07) is 0. The summed E-state index contributed by atoms with van der Waals surface area (Å²) in [5, 5.41) is 34.1. The zero-order valence-corrected chi connectivity index (χ0v) is 28.6. The molecule has 16 nitrogen and oxygen atoms in total. The lowest BCUT2D eigenvalue weighted by Crippen LogP contribution is -2.64. The van der Waals surface area contributed by atoms with E-state index in [4.69, 9.17) is 18.4 Å². The average molecular weight is 725 g/mol. The molecule has 0 radical (unpaired) electrons. The van der Waals surface area contributed by atoms with Gasteiger partial charge in [-0.2, -0.15) is 8.42 Å². The van der Waals surface area contributed by atoms with Crippen LogP contribution in [0, 0.1) is 40.4 Å². The van der Waals surface area contributed by atoms with Crippen molar-refractivity contribution in [1.82, 2.24) is 0 Å². The van der Waals surface area contributed by atoms with Crippen LogP contribution in [0.4, 0.5) is 0 Å². The van der Waals surface area contributed by atoms with E-state index in [0.717, 1.165) is 24.8 Å². The Labute approximate surface area is 280 Å². The third-order valence-corrected chi connectivity index (χ3v) is 12.4. The molecule has 4 aliphatic carbocycles. The molecule has 3 N–H and O–H groups in total. The van der Waals surface area contributed by atoms with Gasteiger partial charge in [-0.15, -0.1) is 0 Å². The SMILES string of the molecule is C=C1[C@@H]2CC[C@H]3[C@]4(C)C[C@H](O[C@@H]5O[C@H](CO)[C@@H](OS(=O)(=O)[O-])[C@H](OS(=O)(=O)O)[C@H]5OC(=O)CC(C)C)CC(C(=O)[O-])[C@H]4CC[C@]3(C2)[C@H]1O. The molecule has 13 atom stereocenters. The molecule has 1 saturated heterocycles. The third kappa shape index (κ3) is 7.20. The van der Waals surface area contributed by atoms with Crippen LogP contribution in [0.5, 0.6) is 0 Å². The second-order valence-electron chi connectivity index (χ2n) is 14.8. The molecule has 0 aromatic heterocycles. The molecule has 1 aliphatic heterocycles. The van der Waals surface area contributed by atoms with Crippen LogP contribution in [0.15, 0.2) is 12.2 Å². The number of carboxylic acids is 1. The zero-order valence-electron chi connectivity index (χ0n) is 27.0. The van der Waals surface area contributed by atoms with Crippen LogP contribution in [0.2, 0.25) is 0 Å². The van der Waals surface area contributed by atoms with Crippen LogP contribution < -0.4 is 5.11 Å². The second kappa shape index (κ2) is 13.4. The number of hydrogen-bond donors (Lipinski definition) is 3. The molecule has 5 rings (SSSR count). The van der Waals surface area contributed by atoms with Crippen LogP contribution in [0.1, 0.15) is 72.1 Å². The first kappa shape index (κ1) is 37.5. The van der Waals surface area contributed by atoms with Crippen molar-refractivity contribution in [2.45, 2.75) is 115 Å². The number of ether oxygens (including phenoxy) is 3. The Balaban J connectivity index is 1.51. The van der Waals surface area contributed by atoms with Gasteiger partial charge in [-0.3, -0.25) is 13.5 Å². The Hall–Kier alpha value is -1.74. The van der Waals surface area contributed by atoms with Gasteiger partial charge in [-0.25, -0.2) is 12.6 Å². The fourth-order valence-electron chi connectivity index (χ4n) is 9.81. The lowest BCUT2D eigenvalue weighted by molar-refractivity contribution is -0.331. The van der Waals surface area contributed by atoms with Crippen molar-refractivity contribution in [2.24, 2.45) is 40.4 Å². The van der Waals surface area contributed by atoms with Crippen LogP contribution >= 0.6 is 0 Å².